The Morgan fingerprint density at radius 2 is 1.24 bits per heavy atom. The Kier molecular flexibility index (Phi) is 4.96. The van der Waals surface area contributed by atoms with Crippen LogP contribution >= 0.6 is 0 Å². The molecule has 1 aromatic heterocycles. The van der Waals surface area contributed by atoms with E-state index in [1.165, 1.54) is 44.2 Å². The van der Waals surface area contributed by atoms with Gasteiger partial charge < -0.3 is 14.9 Å². The molecule has 41 heavy (non-hydrogen) atoms. The van der Waals surface area contributed by atoms with Gasteiger partial charge in [0, 0.05) is 31.3 Å². The highest BCUT2D eigenvalue weighted by Gasteiger charge is 2.36. The molecule has 1 unspecified atom stereocenters. The van der Waals surface area contributed by atoms with Gasteiger partial charge in [0.25, 0.3) is 0 Å². The number of fused-ring (bicyclic) bond motifs is 6. The fraction of sp³-hybridized carbons (Fsp3) is 0.162. The van der Waals surface area contributed by atoms with Crippen LogP contribution in [0.25, 0.3) is 55.1 Å². The summed E-state index contributed by atoms with van der Waals surface area (Å²) >= 11 is 0. The third-order valence-electron chi connectivity index (χ3n) is 9.37. The SMILES string of the molecule is CN1c2ccnc(-c3c4ccccc4c(-c4ccc5c(c4)-c4ccccc4C5(C)C)c4ccccc34)c2N(C)C1O. The third-order valence-corrected chi connectivity index (χ3v) is 9.37. The monoisotopic (exact) mass is 533 g/mol. The van der Waals surface area contributed by atoms with Crippen molar-refractivity contribution in [2.45, 2.75) is 25.6 Å². The highest BCUT2D eigenvalue weighted by molar-refractivity contribution is 6.22. The average Bonchev–Trinajstić information content (AvgIpc) is 3.37. The first-order valence-electron chi connectivity index (χ1n) is 14.2. The van der Waals surface area contributed by atoms with Crippen molar-refractivity contribution >= 4 is 32.9 Å². The van der Waals surface area contributed by atoms with Crippen LogP contribution in [0, 0.1) is 0 Å². The Labute approximate surface area is 240 Å². The molecule has 0 spiro atoms. The van der Waals surface area contributed by atoms with Crippen LogP contribution in [0.15, 0.2) is 103 Å². The molecule has 2 aliphatic rings. The van der Waals surface area contributed by atoms with E-state index in [2.05, 4.69) is 105 Å². The van der Waals surface area contributed by atoms with Crippen LogP contribution in [0.4, 0.5) is 11.4 Å². The van der Waals surface area contributed by atoms with Crippen molar-refractivity contribution < 1.29 is 5.11 Å². The quantitative estimate of drug-likeness (QED) is 0.228. The van der Waals surface area contributed by atoms with Gasteiger partial charge >= 0.3 is 0 Å². The van der Waals surface area contributed by atoms with Gasteiger partial charge in [-0.1, -0.05) is 98.8 Å². The summed E-state index contributed by atoms with van der Waals surface area (Å²) in [4.78, 5) is 8.75. The zero-order valence-electron chi connectivity index (χ0n) is 23.7. The lowest BCUT2D eigenvalue weighted by Gasteiger charge is -2.23. The molecule has 1 aliphatic carbocycles. The zero-order chi connectivity index (χ0) is 28.0. The van der Waals surface area contributed by atoms with Crippen LogP contribution in [0.3, 0.4) is 0 Å². The van der Waals surface area contributed by atoms with Crippen molar-refractivity contribution in [1.29, 1.82) is 0 Å². The molecular formula is C37H31N3O. The number of aromatic nitrogens is 1. The molecule has 0 saturated heterocycles. The number of pyridine rings is 1. The molecule has 4 heteroatoms. The first-order valence-corrected chi connectivity index (χ1v) is 14.2. The van der Waals surface area contributed by atoms with Crippen LogP contribution < -0.4 is 9.80 Å². The molecule has 1 aliphatic heterocycles. The van der Waals surface area contributed by atoms with E-state index in [1.54, 1.807) is 0 Å². The first kappa shape index (κ1) is 24.2. The molecular weight excluding hydrogens is 502 g/mol. The number of aliphatic hydroxyl groups is 1. The highest BCUT2D eigenvalue weighted by atomic mass is 16.3. The maximum Gasteiger partial charge on any atom is 0.207 e. The normalized spacial score (nSPS) is 16.8. The predicted molar refractivity (Wildman–Crippen MR) is 170 cm³/mol. The average molecular weight is 534 g/mol. The molecule has 0 radical (unpaired) electrons. The number of benzene rings is 5. The number of hydrogen-bond acceptors (Lipinski definition) is 4. The van der Waals surface area contributed by atoms with Gasteiger partial charge in [-0.3, -0.25) is 4.98 Å². The molecule has 1 atom stereocenters. The Balaban J connectivity index is 1.46. The zero-order valence-corrected chi connectivity index (χ0v) is 23.7. The minimum absolute atomic E-state index is 0.0262. The van der Waals surface area contributed by atoms with Gasteiger partial charge in [0.05, 0.1) is 17.1 Å². The number of anilines is 2. The molecule has 0 bridgehead atoms. The topological polar surface area (TPSA) is 39.6 Å². The predicted octanol–water partition coefficient (Wildman–Crippen LogP) is 8.19. The molecule has 0 amide bonds. The summed E-state index contributed by atoms with van der Waals surface area (Å²) in [5.74, 6) is 0. The molecule has 5 aromatic carbocycles. The highest BCUT2D eigenvalue weighted by Crippen LogP contribution is 2.52. The molecule has 200 valence electrons. The fourth-order valence-corrected chi connectivity index (χ4v) is 7.33. The molecule has 2 heterocycles. The van der Waals surface area contributed by atoms with Gasteiger partial charge in [-0.25, -0.2) is 0 Å². The fourth-order valence-electron chi connectivity index (χ4n) is 7.33. The molecule has 8 rings (SSSR count). The summed E-state index contributed by atoms with van der Waals surface area (Å²) in [6.07, 6.45) is 1.12. The van der Waals surface area contributed by atoms with Gasteiger partial charge in [0.2, 0.25) is 6.35 Å². The van der Waals surface area contributed by atoms with Crippen LogP contribution in [0.1, 0.15) is 25.0 Å². The maximum atomic E-state index is 10.9. The minimum atomic E-state index is -0.733. The number of rotatable bonds is 2. The summed E-state index contributed by atoms with van der Waals surface area (Å²) in [5, 5.41) is 15.6. The smallest absolute Gasteiger partial charge is 0.207 e. The van der Waals surface area contributed by atoms with Gasteiger partial charge in [0.1, 0.15) is 0 Å². The summed E-state index contributed by atoms with van der Waals surface area (Å²) < 4.78 is 0. The van der Waals surface area contributed by atoms with E-state index in [0.717, 1.165) is 33.4 Å². The van der Waals surface area contributed by atoms with Gasteiger partial charge in [-0.2, -0.15) is 0 Å². The molecule has 4 nitrogen and oxygen atoms in total. The van der Waals surface area contributed by atoms with Crippen molar-refractivity contribution in [3.63, 3.8) is 0 Å². The standard InChI is InChI=1S/C37H31N3O/c1-37(2)29-16-10-9-11-23(29)28-21-22(17-18-30(28)37)32-24-12-5-7-14-26(24)33(27-15-8-6-13-25(27)32)34-35-31(19-20-38-34)39(3)36(41)40(35)4/h5-21,36,41H,1-4H3. The number of hydrogen-bond donors (Lipinski definition) is 1. The van der Waals surface area contributed by atoms with E-state index in [9.17, 15) is 5.11 Å². The Bertz CT molecular complexity index is 1990. The number of aliphatic hydroxyl groups excluding tert-OH is 1. The third kappa shape index (κ3) is 3.17. The van der Waals surface area contributed by atoms with Gasteiger partial charge in [-0.15, -0.1) is 0 Å². The largest absolute Gasteiger partial charge is 0.356 e. The number of nitrogens with zero attached hydrogens (tertiary/aromatic N) is 3. The van der Waals surface area contributed by atoms with Crippen molar-refractivity contribution in [2.75, 3.05) is 23.9 Å². The van der Waals surface area contributed by atoms with Crippen LogP contribution in [0.5, 0.6) is 0 Å². The van der Waals surface area contributed by atoms with E-state index < -0.39 is 6.35 Å². The van der Waals surface area contributed by atoms with E-state index in [0.29, 0.717) is 0 Å². The van der Waals surface area contributed by atoms with Crippen LogP contribution in [0.2, 0.25) is 0 Å². The Morgan fingerprint density at radius 3 is 1.93 bits per heavy atom. The Hall–Kier alpha value is -4.67. The van der Waals surface area contributed by atoms with Crippen molar-refractivity contribution in [1.82, 2.24) is 4.98 Å². The second-order valence-electron chi connectivity index (χ2n) is 11.9. The second-order valence-corrected chi connectivity index (χ2v) is 11.9. The second kappa shape index (κ2) is 8.42. The molecule has 6 aromatic rings. The van der Waals surface area contributed by atoms with E-state index >= 15 is 0 Å². The lowest BCUT2D eigenvalue weighted by atomic mass is 9.81. The summed E-state index contributed by atoms with van der Waals surface area (Å²) in [6.45, 7) is 4.65. The first-order chi connectivity index (χ1) is 19.9. The summed E-state index contributed by atoms with van der Waals surface area (Å²) in [7, 11) is 3.85. The van der Waals surface area contributed by atoms with Crippen LogP contribution in [-0.4, -0.2) is 30.5 Å². The van der Waals surface area contributed by atoms with Crippen molar-refractivity contribution in [2.24, 2.45) is 0 Å². The van der Waals surface area contributed by atoms with Crippen LogP contribution in [-0.2, 0) is 5.41 Å². The minimum Gasteiger partial charge on any atom is -0.356 e. The van der Waals surface area contributed by atoms with E-state index in [1.807, 2.05) is 36.2 Å². The Morgan fingerprint density at radius 1 is 0.659 bits per heavy atom. The van der Waals surface area contributed by atoms with Gasteiger partial charge in [-0.05, 0) is 67.1 Å². The molecule has 1 N–H and O–H groups in total. The summed E-state index contributed by atoms with van der Waals surface area (Å²) in [6, 6.07) is 35.2. The lowest BCUT2D eigenvalue weighted by molar-refractivity contribution is 0.183. The molecule has 0 fully saturated rings. The van der Waals surface area contributed by atoms with Crippen molar-refractivity contribution in [3.8, 4) is 33.5 Å². The van der Waals surface area contributed by atoms with E-state index in [-0.39, 0.29) is 5.41 Å². The van der Waals surface area contributed by atoms with Crippen molar-refractivity contribution in [3.05, 3.63) is 114 Å². The van der Waals surface area contributed by atoms with E-state index in [4.69, 9.17) is 4.98 Å². The molecule has 0 saturated carbocycles. The summed E-state index contributed by atoms with van der Waals surface area (Å²) in [5.41, 5.74) is 11.7. The van der Waals surface area contributed by atoms with Gasteiger partial charge in [0.15, 0.2) is 0 Å². The maximum absolute atomic E-state index is 10.9. The lowest BCUT2D eigenvalue weighted by Crippen LogP contribution is -2.38.